The van der Waals surface area contributed by atoms with Crippen LogP contribution < -0.4 is 5.43 Å². The van der Waals surface area contributed by atoms with Gasteiger partial charge in [0.1, 0.15) is 0 Å². The third kappa shape index (κ3) is 2.72. The molecule has 4 heteroatoms. The Kier molecular flexibility index (Phi) is 3.80. The minimum atomic E-state index is -0.296. The van der Waals surface area contributed by atoms with Gasteiger partial charge < -0.3 is 9.67 Å². The predicted octanol–water partition coefficient (Wildman–Crippen LogP) is 2.52. The van der Waals surface area contributed by atoms with E-state index in [0.717, 1.165) is 31.7 Å². The summed E-state index contributed by atoms with van der Waals surface area (Å²) in [5.74, 6) is -0.165. The second-order valence-corrected chi connectivity index (χ2v) is 5.51. The fourth-order valence-corrected chi connectivity index (χ4v) is 3.12. The summed E-state index contributed by atoms with van der Waals surface area (Å²) < 4.78 is 1.98. The Balaban J connectivity index is 1.88. The number of rotatable bonds is 3. The molecule has 0 radical (unpaired) electrons. The maximum atomic E-state index is 11.6. The van der Waals surface area contributed by atoms with Gasteiger partial charge >= 0.3 is 0 Å². The van der Waals surface area contributed by atoms with E-state index < -0.39 is 0 Å². The molecule has 0 bridgehead atoms. The molecule has 3 rings (SSSR count). The van der Waals surface area contributed by atoms with E-state index in [2.05, 4.69) is 36.1 Å². The quantitative estimate of drug-likeness (QED) is 0.942. The summed E-state index contributed by atoms with van der Waals surface area (Å²) in [6.45, 7) is 4.65. The van der Waals surface area contributed by atoms with E-state index in [4.69, 9.17) is 0 Å². The summed E-state index contributed by atoms with van der Waals surface area (Å²) in [6, 6.07) is 12.4. The average Bonchev–Trinajstić information content (AvgIpc) is 2.50. The lowest BCUT2D eigenvalue weighted by atomic mass is 10.0. The maximum Gasteiger partial charge on any atom is 0.223 e. The molecule has 21 heavy (non-hydrogen) atoms. The van der Waals surface area contributed by atoms with Crippen molar-refractivity contribution in [1.29, 1.82) is 0 Å². The van der Waals surface area contributed by atoms with Gasteiger partial charge in [0.25, 0.3) is 0 Å². The lowest BCUT2D eigenvalue weighted by Crippen LogP contribution is -2.37. The first-order chi connectivity index (χ1) is 10.2. The van der Waals surface area contributed by atoms with Crippen molar-refractivity contribution in [3.63, 3.8) is 0 Å². The number of nitrogens with zero attached hydrogens (tertiary/aromatic N) is 2. The lowest BCUT2D eigenvalue weighted by Gasteiger charge is -2.36. The highest BCUT2D eigenvalue weighted by Gasteiger charge is 2.23. The molecule has 1 atom stereocenters. The first-order valence-corrected chi connectivity index (χ1v) is 7.40. The first-order valence-electron chi connectivity index (χ1n) is 7.40. The standard InChI is InChI=1S/C17H20N2O2/c1-2-15(13-6-4-3-5-7-13)19-9-8-18-12-17(21)16(20)10-14(18)11-19/h3-7,10,12,15,21H,2,8-9,11H2,1H3. The van der Waals surface area contributed by atoms with Crippen LogP contribution in [0.2, 0.25) is 0 Å². The second-order valence-electron chi connectivity index (χ2n) is 5.51. The largest absolute Gasteiger partial charge is 0.503 e. The summed E-state index contributed by atoms with van der Waals surface area (Å²) in [5.41, 5.74) is 1.99. The van der Waals surface area contributed by atoms with Crippen LogP contribution >= 0.6 is 0 Å². The van der Waals surface area contributed by atoms with Crippen LogP contribution in [0.5, 0.6) is 5.75 Å². The Hall–Kier alpha value is -2.07. The van der Waals surface area contributed by atoms with Gasteiger partial charge in [-0.1, -0.05) is 37.3 Å². The van der Waals surface area contributed by atoms with E-state index in [1.54, 1.807) is 12.3 Å². The summed E-state index contributed by atoms with van der Waals surface area (Å²) >= 11 is 0. The number of hydrogen-bond donors (Lipinski definition) is 1. The topological polar surface area (TPSA) is 45.5 Å². The molecule has 0 amide bonds. The molecular weight excluding hydrogens is 264 g/mol. The SMILES string of the molecule is CCC(c1ccccc1)N1CCn2cc(O)c(=O)cc2C1. The van der Waals surface area contributed by atoms with Crippen LogP contribution in [-0.2, 0) is 13.1 Å². The Morgan fingerprint density at radius 2 is 2.00 bits per heavy atom. The van der Waals surface area contributed by atoms with E-state index in [1.807, 2.05) is 10.6 Å². The van der Waals surface area contributed by atoms with Crippen molar-refractivity contribution in [2.45, 2.75) is 32.5 Å². The van der Waals surface area contributed by atoms with E-state index in [1.165, 1.54) is 5.56 Å². The Labute approximate surface area is 124 Å². The van der Waals surface area contributed by atoms with Crippen molar-refractivity contribution in [1.82, 2.24) is 9.47 Å². The molecule has 1 aliphatic heterocycles. The van der Waals surface area contributed by atoms with Gasteiger partial charge in [0.15, 0.2) is 5.75 Å². The number of fused-ring (bicyclic) bond motifs is 1. The smallest absolute Gasteiger partial charge is 0.223 e. The molecule has 0 saturated carbocycles. The predicted molar refractivity (Wildman–Crippen MR) is 82.3 cm³/mol. The van der Waals surface area contributed by atoms with E-state index >= 15 is 0 Å². The fraction of sp³-hybridized carbons (Fsp3) is 0.353. The van der Waals surface area contributed by atoms with Gasteiger partial charge in [-0.3, -0.25) is 9.69 Å². The minimum absolute atomic E-state index is 0.165. The van der Waals surface area contributed by atoms with Crippen LogP contribution in [-0.4, -0.2) is 21.1 Å². The molecule has 1 aromatic heterocycles. The van der Waals surface area contributed by atoms with E-state index in [0.29, 0.717) is 6.04 Å². The van der Waals surface area contributed by atoms with Crippen molar-refractivity contribution in [2.24, 2.45) is 0 Å². The molecule has 110 valence electrons. The molecule has 0 fully saturated rings. The Morgan fingerprint density at radius 3 is 2.71 bits per heavy atom. The lowest BCUT2D eigenvalue weighted by molar-refractivity contribution is 0.149. The Bertz CT molecular complexity index is 679. The van der Waals surface area contributed by atoms with Gasteiger partial charge in [-0.2, -0.15) is 0 Å². The molecule has 0 spiro atoms. The first kappa shape index (κ1) is 13.9. The minimum Gasteiger partial charge on any atom is -0.503 e. The summed E-state index contributed by atoms with van der Waals surface area (Å²) in [6.07, 6.45) is 2.59. The highest BCUT2D eigenvalue weighted by molar-refractivity contribution is 5.23. The van der Waals surface area contributed by atoms with Crippen LogP contribution in [0.3, 0.4) is 0 Å². The zero-order valence-electron chi connectivity index (χ0n) is 12.2. The molecular formula is C17H20N2O2. The molecule has 1 aromatic carbocycles. The van der Waals surface area contributed by atoms with Crippen LogP contribution in [0.15, 0.2) is 47.4 Å². The third-order valence-electron chi connectivity index (χ3n) is 4.20. The second kappa shape index (κ2) is 5.74. The van der Waals surface area contributed by atoms with Crippen molar-refractivity contribution in [3.8, 4) is 5.75 Å². The van der Waals surface area contributed by atoms with Crippen LogP contribution in [0.4, 0.5) is 0 Å². The Morgan fingerprint density at radius 1 is 1.24 bits per heavy atom. The fourth-order valence-electron chi connectivity index (χ4n) is 3.12. The zero-order valence-corrected chi connectivity index (χ0v) is 12.2. The molecule has 1 N–H and O–H groups in total. The zero-order chi connectivity index (χ0) is 14.8. The van der Waals surface area contributed by atoms with E-state index in [9.17, 15) is 9.90 Å². The van der Waals surface area contributed by atoms with Gasteiger partial charge in [-0.25, -0.2) is 0 Å². The normalized spacial score (nSPS) is 16.4. The molecule has 4 nitrogen and oxygen atoms in total. The van der Waals surface area contributed by atoms with Crippen molar-refractivity contribution >= 4 is 0 Å². The van der Waals surface area contributed by atoms with Gasteiger partial charge in [0.2, 0.25) is 5.43 Å². The number of pyridine rings is 1. The molecule has 0 aliphatic carbocycles. The summed E-state index contributed by atoms with van der Waals surface area (Å²) in [5, 5.41) is 9.53. The monoisotopic (exact) mass is 284 g/mol. The van der Waals surface area contributed by atoms with Gasteiger partial charge in [0.05, 0.1) is 6.20 Å². The van der Waals surface area contributed by atoms with E-state index in [-0.39, 0.29) is 11.2 Å². The third-order valence-corrected chi connectivity index (χ3v) is 4.20. The highest BCUT2D eigenvalue weighted by Crippen LogP contribution is 2.27. The van der Waals surface area contributed by atoms with Crippen LogP contribution in [0, 0.1) is 0 Å². The molecule has 1 unspecified atom stereocenters. The molecule has 2 heterocycles. The number of benzene rings is 1. The van der Waals surface area contributed by atoms with Crippen molar-refractivity contribution in [2.75, 3.05) is 6.54 Å². The van der Waals surface area contributed by atoms with Gasteiger partial charge in [0, 0.05) is 37.4 Å². The molecule has 2 aromatic rings. The molecule has 1 aliphatic rings. The summed E-state index contributed by atoms with van der Waals surface area (Å²) in [4.78, 5) is 14.0. The number of hydrogen-bond acceptors (Lipinski definition) is 3. The van der Waals surface area contributed by atoms with Crippen LogP contribution in [0.1, 0.15) is 30.6 Å². The van der Waals surface area contributed by atoms with Crippen molar-refractivity contribution < 1.29 is 5.11 Å². The molecule has 0 saturated heterocycles. The maximum absolute atomic E-state index is 11.6. The van der Waals surface area contributed by atoms with Crippen LogP contribution in [0.25, 0.3) is 0 Å². The number of aromatic nitrogens is 1. The number of aromatic hydroxyl groups is 1. The van der Waals surface area contributed by atoms with Gasteiger partial charge in [-0.15, -0.1) is 0 Å². The van der Waals surface area contributed by atoms with Crippen molar-refractivity contribution in [3.05, 3.63) is 64.1 Å². The highest BCUT2D eigenvalue weighted by atomic mass is 16.3. The average molecular weight is 284 g/mol. The van der Waals surface area contributed by atoms with Gasteiger partial charge in [-0.05, 0) is 12.0 Å². The summed E-state index contributed by atoms with van der Waals surface area (Å²) in [7, 11) is 0.